The van der Waals surface area contributed by atoms with Gasteiger partial charge >= 0.3 is 0 Å². The van der Waals surface area contributed by atoms with Crippen LogP contribution in [0.15, 0.2) is 33.7 Å². The van der Waals surface area contributed by atoms with Crippen LogP contribution in [-0.4, -0.2) is 19.5 Å². The van der Waals surface area contributed by atoms with Crippen molar-refractivity contribution in [3.05, 3.63) is 41.3 Å². The van der Waals surface area contributed by atoms with Crippen molar-refractivity contribution in [2.24, 2.45) is 5.14 Å². The lowest BCUT2D eigenvalue weighted by Crippen LogP contribution is -2.16. The van der Waals surface area contributed by atoms with Crippen LogP contribution in [0.4, 0.5) is 5.69 Å². The fourth-order valence-electron chi connectivity index (χ4n) is 1.65. The number of hydrogen-bond acceptors (Lipinski definition) is 5. The SMILES string of the molecule is Cc1cc(C(=O)Nc2ccc(C)c(S(N)(=O)=O)c2)no1. The van der Waals surface area contributed by atoms with Crippen LogP contribution >= 0.6 is 0 Å². The number of nitrogens with zero attached hydrogens (tertiary/aromatic N) is 1. The third-order valence-corrected chi connectivity index (χ3v) is 3.67. The topological polar surface area (TPSA) is 115 Å². The predicted molar refractivity (Wildman–Crippen MR) is 71.7 cm³/mol. The maximum absolute atomic E-state index is 11.9. The number of carbonyl (C=O) groups excluding carboxylic acids is 1. The van der Waals surface area contributed by atoms with Gasteiger partial charge in [-0.25, -0.2) is 13.6 Å². The highest BCUT2D eigenvalue weighted by molar-refractivity contribution is 7.89. The standard InChI is InChI=1S/C12H13N3O4S/c1-7-3-4-9(6-11(7)20(13,17)18)14-12(16)10-5-8(2)19-15-10/h3-6H,1-2H3,(H,14,16)(H2,13,17,18). The van der Waals surface area contributed by atoms with Crippen molar-refractivity contribution < 1.29 is 17.7 Å². The molecule has 2 rings (SSSR count). The zero-order valence-electron chi connectivity index (χ0n) is 10.9. The Morgan fingerprint density at radius 3 is 2.55 bits per heavy atom. The number of nitrogens with two attached hydrogens (primary N) is 1. The van der Waals surface area contributed by atoms with Crippen molar-refractivity contribution in [1.29, 1.82) is 0 Å². The van der Waals surface area contributed by atoms with Gasteiger partial charge in [0.1, 0.15) is 5.76 Å². The summed E-state index contributed by atoms with van der Waals surface area (Å²) in [6.07, 6.45) is 0. The molecule has 0 aliphatic heterocycles. The third-order valence-electron chi connectivity index (χ3n) is 2.61. The Morgan fingerprint density at radius 1 is 1.30 bits per heavy atom. The molecule has 2 aromatic rings. The molecule has 0 saturated carbocycles. The van der Waals surface area contributed by atoms with Gasteiger partial charge in [0, 0.05) is 11.8 Å². The van der Waals surface area contributed by atoms with Gasteiger partial charge in [0.05, 0.1) is 4.90 Å². The van der Waals surface area contributed by atoms with Crippen molar-refractivity contribution in [2.45, 2.75) is 18.7 Å². The van der Waals surface area contributed by atoms with E-state index in [1.165, 1.54) is 12.1 Å². The van der Waals surface area contributed by atoms with Crippen molar-refractivity contribution >= 4 is 21.6 Å². The van der Waals surface area contributed by atoms with Crippen LogP contribution in [-0.2, 0) is 10.0 Å². The summed E-state index contributed by atoms with van der Waals surface area (Å²) in [7, 11) is -3.84. The number of hydrogen-bond donors (Lipinski definition) is 2. The molecule has 1 aromatic heterocycles. The molecule has 0 fully saturated rings. The second kappa shape index (κ2) is 5.06. The van der Waals surface area contributed by atoms with E-state index in [0.717, 1.165) is 0 Å². The van der Waals surface area contributed by atoms with Crippen molar-refractivity contribution in [3.8, 4) is 0 Å². The fraction of sp³-hybridized carbons (Fsp3) is 0.167. The number of rotatable bonds is 3. The summed E-state index contributed by atoms with van der Waals surface area (Å²) in [6.45, 7) is 3.28. The van der Waals surface area contributed by atoms with E-state index in [1.807, 2.05) is 0 Å². The van der Waals surface area contributed by atoms with Crippen molar-refractivity contribution in [1.82, 2.24) is 5.16 Å². The number of sulfonamides is 1. The molecule has 0 aliphatic rings. The van der Waals surface area contributed by atoms with Crippen LogP contribution in [0.3, 0.4) is 0 Å². The van der Waals surface area contributed by atoms with Crippen molar-refractivity contribution in [2.75, 3.05) is 5.32 Å². The molecule has 0 saturated heterocycles. The Kier molecular flexibility index (Phi) is 3.60. The molecule has 0 aliphatic carbocycles. The summed E-state index contributed by atoms with van der Waals surface area (Å²) in [4.78, 5) is 11.8. The molecular formula is C12H13N3O4S. The van der Waals surface area contributed by atoms with Gasteiger partial charge in [-0.15, -0.1) is 0 Å². The Labute approximate surface area is 115 Å². The minimum absolute atomic E-state index is 0.0355. The zero-order valence-corrected chi connectivity index (χ0v) is 11.7. The van der Waals surface area contributed by atoms with Gasteiger partial charge < -0.3 is 9.84 Å². The van der Waals surface area contributed by atoms with E-state index in [4.69, 9.17) is 9.66 Å². The quantitative estimate of drug-likeness (QED) is 0.882. The van der Waals surface area contributed by atoms with Gasteiger partial charge in [0.15, 0.2) is 5.69 Å². The second-order valence-electron chi connectivity index (χ2n) is 4.30. The van der Waals surface area contributed by atoms with Gasteiger partial charge in [0.2, 0.25) is 10.0 Å². The lowest BCUT2D eigenvalue weighted by molar-refractivity contribution is 0.101. The summed E-state index contributed by atoms with van der Waals surface area (Å²) in [5.41, 5.74) is 0.924. The molecule has 1 heterocycles. The third kappa shape index (κ3) is 3.03. The Hall–Kier alpha value is -2.19. The maximum Gasteiger partial charge on any atom is 0.277 e. The van der Waals surface area contributed by atoms with Crippen LogP contribution in [0.2, 0.25) is 0 Å². The highest BCUT2D eigenvalue weighted by atomic mass is 32.2. The van der Waals surface area contributed by atoms with E-state index in [0.29, 0.717) is 17.0 Å². The Morgan fingerprint density at radius 2 is 2.00 bits per heavy atom. The summed E-state index contributed by atoms with van der Waals surface area (Å²) < 4.78 is 27.6. The molecule has 0 bridgehead atoms. The minimum Gasteiger partial charge on any atom is -0.361 e. The molecular weight excluding hydrogens is 282 g/mol. The van der Waals surface area contributed by atoms with Crippen LogP contribution in [0.5, 0.6) is 0 Å². The molecule has 3 N–H and O–H groups in total. The van der Waals surface area contributed by atoms with Gasteiger partial charge in [0.25, 0.3) is 5.91 Å². The molecule has 7 nitrogen and oxygen atoms in total. The number of primary sulfonamides is 1. The lowest BCUT2D eigenvalue weighted by atomic mass is 10.2. The Bertz CT molecular complexity index is 765. The molecule has 1 aromatic carbocycles. The molecule has 0 unspecified atom stereocenters. The van der Waals surface area contributed by atoms with E-state index in [1.54, 1.807) is 26.0 Å². The maximum atomic E-state index is 11.9. The number of aryl methyl sites for hydroxylation is 2. The molecule has 8 heteroatoms. The summed E-state index contributed by atoms with van der Waals surface area (Å²) in [6, 6.07) is 5.91. The van der Waals surface area contributed by atoms with E-state index in [2.05, 4.69) is 10.5 Å². The molecule has 0 radical (unpaired) electrons. The van der Waals surface area contributed by atoms with Crippen molar-refractivity contribution in [3.63, 3.8) is 0 Å². The van der Waals surface area contributed by atoms with E-state index in [9.17, 15) is 13.2 Å². The fourth-order valence-corrected chi connectivity index (χ4v) is 2.46. The number of aromatic nitrogens is 1. The number of amides is 1. The van der Waals surface area contributed by atoms with Gasteiger partial charge in [-0.05, 0) is 31.5 Å². The first kappa shape index (κ1) is 14.2. The minimum atomic E-state index is -3.84. The largest absolute Gasteiger partial charge is 0.361 e. The van der Waals surface area contributed by atoms with Crippen LogP contribution in [0, 0.1) is 13.8 Å². The van der Waals surface area contributed by atoms with E-state index < -0.39 is 15.9 Å². The van der Waals surface area contributed by atoms with Gasteiger partial charge in [-0.1, -0.05) is 11.2 Å². The van der Waals surface area contributed by atoms with Crippen LogP contribution < -0.4 is 10.5 Å². The normalized spacial score (nSPS) is 11.3. The average Bonchev–Trinajstić information content (AvgIpc) is 2.77. The lowest BCUT2D eigenvalue weighted by Gasteiger charge is -2.07. The molecule has 20 heavy (non-hydrogen) atoms. The summed E-state index contributed by atoms with van der Waals surface area (Å²) >= 11 is 0. The number of anilines is 1. The molecule has 0 spiro atoms. The van der Waals surface area contributed by atoms with Crippen LogP contribution in [0.1, 0.15) is 21.8 Å². The first-order valence-electron chi connectivity index (χ1n) is 5.65. The summed E-state index contributed by atoms with van der Waals surface area (Å²) in [5, 5.41) is 11.2. The zero-order chi connectivity index (χ0) is 14.9. The second-order valence-corrected chi connectivity index (χ2v) is 5.83. The Balaban J connectivity index is 2.29. The van der Waals surface area contributed by atoms with E-state index in [-0.39, 0.29) is 10.6 Å². The molecule has 1 amide bonds. The first-order chi connectivity index (χ1) is 9.27. The smallest absolute Gasteiger partial charge is 0.277 e. The monoisotopic (exact) mass is 295 g/mol. The van der Waals surface area contributed by atoms with Crippen LogP contribution in [0.25, 0.3) is 0 Å². The van der Waals surface area contributed by atoms with E-state index >= 15 is 0 Å². The summed E-state index contributed by atoms with van der Waals surface area (Å²) in [5.74, 6) is 0.00959. The number of nitrogens with one attached hydrogen (secondary N) is 1. The molecule has 106 valence electrons. The number of carbonyl (C=O) groups is 1. The highest BCUT2D eigenvalue weighted by Gasteiger charge is 2.15. The molecule has 0 atom stereocenters. The van der Waals surface area contributed by atoms with Gasteiger partial charge in [-0.3, -0.25) is 4.79 Å². The number of benzene rings is 1. The first-order valence-corrected chi connectivity index (χ1v) is 7.20. The average molecular weight is 295 g/mol. The van der Waals surface area contributed by atoms with Gasteiger partial charge in [-0.2, -0.15) is 0 Å². The highest BCUT2D eigenvalue weighted by Crippen LogP contribution is 2.19. The predicted octanol–water partition coefficient (Wildman–Crippen LogP) is 1.19.